The molecule has 26 heavy (non-hydrogen) atoms. The van der Waals surface area contributed by atoms with Gasteiger partial charge in [-0.05, 0) is 18.2 Å². The number of benzene rings is 2. The van der Waals surface area contributed by atoms with Crippen molar-refractivity contribution in [2.24, 2.45) is 0 Å². The molecule has 1 amide bonds. The van der Waals surface area contributed by atoms with E-state index in [9.17, 15) is 4.79 Å². The second-order valence-corrected chi connectivity index (χ2v) is 5.70. The van der Waals surface area contributed by atoms with Crippen LogP contribution in [0.3, 0.4) is 0 Å². The van der Waals surface area contributed by atoms with E-state index in [4.69, 9.17) is 13.9 Å². The summed E-state index contributed by atoms with van der Waals surface area (Å²) in [5, 5.41) is 0. The van der Waals surface area contributed by atoms with Crippen LogP contribution in [0, 0.1) is 0 Å². The average molecular weight is 352 g/mol. The molecule has 0 aliphatic rings. The Hall–Kier alpha value is -3.28. The highest BCUT2D eigenvalue weighted by molar-refractivity contribution is 5.91. The number of methoxy groups -OCH3 is 1. The largest absolute Gasteiger partial charge is 0.496 e. The fourth-order valence-electron chi connectivity index (χ4n) is 2.49. The van der Waals surface area contributed by atoms with E-state index >= 15 is 0 Å². The Morgan fingerprint density at radius 3 is 2.62 bits per heavy atom. The quantitative estimate of drug-likeness (QED) is 0.651. The topological polar surface area (TPSA) is 64.8 Å². The first kappa shape index (κ1) is 17.5. The number of carbonyl (C=O) groups excluding carboxylic acids is 1. The number of oxazole rings is 1. The van der Waals surface area contributed by atoms with E-state index in [2.05, 4.69) is 4.98 Å². The van der Waals surface area contributed by atoms with Crippen LogP contribution in [0.4, 0.5) is 0 Å². The van der Waals surface area contributed by atoms with Gasteiger partial charge in [-0.25, -0.2) is 4.98 Å². The highest BCUT2D eigenvalue weighted by Crippen LogP contribution is 2.19. The molecule has 0 aliphatic carbocycles. The number of aromatic nitrogens is 1. The summed E-state index contributed by atoms with van der Waals surface area (Å²) in [6.07, 6.45) is 1.35. The minimum absolute atomic E-state index is 0.160. The van der Waals surface area contributed by atoms with Crippen LogP contribution in [0.2, 0.25) is 0 Å². The molecule has 1 heterocycles. The summed E-state index contributed by atoms with van der Waals surface area (Å²) in [4.78, 5) is 18.3. The van der Waals surface area contributed by atoms with Gasteiger partial charge < -0.3 is 18.8 Å². The normalized spacial score (nSPS) is 10.4. The lowest BCUT2D eigenvalue weighted by atomic mass is 10.2. The number of hydrogen-bond donors (Lipinski definition) is 0. The maximum absolute atomic E-state index is 12.6. The van der Waals surface area contributed by atoms with E-state index in [0.717, 1.165) is 11.3 Å². The molecule has 6 nitrogen and oxygen atoms in total. The standard InChI is InChI=1S/C20H20N2O4/c1-22(12-15-8-6-7-11-18(15)24-2)20(23)17-13-26-19(21-17)14-25-16-9-4-3-5-10-16/h3-11,13H,12,14H2,1-2H3. The van der Waals surface area contributed by atoms with Crippen molar-refractivity contribution in [3.05, 3.63) is 78.0 Å². The molecular weight excluding hydrogens is 332 g/mol. The first-order valence-corrected chi connectivity index (χ1v) is 8.17. The molecule has 0 N–H and O–H groups in total. The van der Waals surface area contributed by atoms with Gasteiger partial charge in [0, 0.05) is 19.2 Å². The maximum atomic E-state index is 12.6. The van der Waals surface area contributed by atoms with Crippen molar-refractivity contribution in [1.82, 2.24) is 9.88 Å². The van der Waals surface area contributed by atoms with Gasteiger partial charge >= 0.3 is 0 Å². The minimum atomic E-state index is -0.231. The molecule has 0 fully saturated rings. The van der Waals surface area contributed by atoms with Crippen LogP contribution in [0.25, 0.3) is 0 Å². The highest BCUT2D eigenvalue weighted by atomic mass is 16.5. The van der Waals surface area contributed by atoms with Gasteiger partial charge in [0.2, 0.25) is 5.89 Å². The Balaban J connectivity index is 1.62. The third kappa shape index (κ3) is 4.22. The van der Waals surface area contributed by atoms with E-state index in [0.29, 0.717) is 18.2 Å². The van der Waals surface area contributed by atoms with Gasteiger partial charge in [0.05, 0.1) is 7.11 Å². The Morgan fingerprint density at radius 1 is 1.12 bits per heavy atom. The van der Waals surface area contributed by atoms with Gasteiger partial charge in [-0.1, -0.05) is 36.4 Å². The van der Waals surface area contributed by atoms with Gasteiger partial charge in [0.15, 0.2) is 12.3 Å². The highest BCUT2D eigenvalue weighted by Gasteiger charge is 2.18. The molecule has 134 valence electrons. The van der Waals surface area contributed by atoms with E-state index in [-0.39, 0.29) is 18.2 Å². The van der Waals surface area contributed by atoms with Crippen molar-refractivity contribution in [3.8, 4) is 11.5 Å². The summed E-state index contributed by atoms with van der Waals surface area (Å²) in [7, 11) is 3.32. The summed E-state index contributed by atoms with van der Waals surface area (Å²) in [6, 6.07) is 16.9. The lowest BCUT2D eigenvalue weighted by Gasteiger charge is -2.17. The van der Waals surface area contributed by atoms with Crippen molar-refractivity contribution < 1.29 is 18.7 Å². The van der Waals surface area contributed by atoms with Crippen molar-refractivity contribution in [2.75, 3.05) is 14.2 Å². The summed E-state index contributed by atoms with van der Waals surface area (Å²) in [5.41, 5.74) is 1.16. The lowest BCUT2D eigenvalue weighted by Crippen LogP contribution is -2.26. The Labute approximate surface area is 152 Å². The van der Waals surface area contributed by atoms with Gasteiger partial charge in [0.25, 0.3) is 5.91 Å². The SMILES string of the molecule is COc1ccccc1CN(C)C(=O)c1coc(COc2ccccc2)n1. The molecule has 0 atom stereocenters. The van der Waals surface area contributed by atoms with Crippen LogP contribution in [-0.4, -0.2) is 29.9 Å². The second kappa shape index (κ2) is 8.20. The number of carbonyl (C=O) groups is 1. The summed E-state index contributed by atoms with van der Waals surface area (Å²) < 4.78 is 16.2. The fourth-order valence-corrected chi connectivity index (χ4v) is 2.49. The van der Waals surface area contributed by atoms with Gasteiger partial charge in [0.1, 0.15) is 17.8 Å². The summed E-state index contributed by atoms with van der Waals surface area (Å²) in [5.74, 6) is 1.57. The van der Waals surface area contributed by atoms with Gasteiger partial charge in [-0.3, -0.25) is 4.79 Å². The Bertz CT molecular complexity index is 861. The zero-order valence-corrected chi connectivity index (χ0v) is 14.7. The van der Waals surface area contributed by atoms with Crippen LogP contribution in [-0.2, 0) is 13.2 Å². The first-order valence-electron chi connectivity index (χ1n) is 8.17. The van der Waals surface area contributed by atoms with Crippen LogP contribution < -0.4 is 9.47 Å². The number of amides is 1. The van der Waals surface area contributed by atoms with Crippen molar-refractivity contribution in [2.45, 2.75) is 13.2 Å². The van der Waals surface area contributed by atoms with Crippen LogP contribution >= 0.6 is 0 Å². The molecule has 0 saturated heterocycles. The van der Waals surface area contributed by atoms with E-state index < -0.39 is 0 Å². The van der Waals surface area contributed by atoms with Gasteiger partial charge in [-0.15, -0.1) is 0 Å². The van der Waals surface area contributed by atoms with Crippen LogP contribution in [0.15, 0.2) is 65.3 Å². The summed E-state index contributed by atoms with van der Waals surface area (Å²) in [6.45, 7) is 0.569. The second-order valence-electron chi connectivity index (χ2n) is 5.70. The maximum Gasteiger partial charge on any atom is 0.275 e. The fraction of sp³-hybridized carbons (Fsp3) is 0.200. The first-order chi connectivity index (χ1) is 12.7. The molecule has 3 aromatic rings. The minimum Gasteiger partial charge on any atom is -0.496 e. The van der Waals surface area contributed by atoms with E-state index in [1.807, 2.05) is 54.6 Å². The summed E-state index contributed by atoms with van der Waals surface area (Å²) >= 11 is 0. The molecule has 2 aromatic carbocycles. The molecule has 3 rings (SSSR count). The number of ether oxygens (including phenoxy) is 2. The third-order valence-electron chi connectivity index (χ3n) is 3.82. The molecular formula is C20H20N2O4. The van der Waals surface area contributed by atoms with Crippen LogP contribution in [0.1, 0.15) is 21.9 Å². The Morgan fingerprint density at radius 2 is 1.85 bits per heavy atom. The number of para-hydroxylation sites is 2. The zero-order valence-electron chi connectivity index (χ0n) is 14.7. The smallest absolute Gasteiger partial charge is 0.275 e. The van der Waals surface area contributed by atoms with E-state index in [1.165, 1.54) is 6.26 Å². The lowest BCUT2D eigenvalue weighted by molar-refractivity contribution is 0.0778. The number of rotatable bonds is 7. The number of nitrogens with zero attached hydrogens (tertiary/aromatic N) is 2. The molecule has 1 aromatic heterocycles. The molecule has 0 unspecified atom stereocenters. The molecule has 0 saturated carbocycles. The zero-order chi connectivity index (χ0) is 18.4. The molecule has 0 aliphatic heterocycles. The van der Waals surface area contributed by atoms with Gasteiger partial charge in [-0.2, -0.15) is 0 Å². The predicted octanol–water partition coefficient (Wildman–Crippen LogP) is 3.53. The monoisotopic (exact) mass is 352 g/mol. The van der Waals surface area contributed by atoms with Crippen molar-refractivity contribution in [3.63, 3.8) is 0 Å². The predicted molar refractivity (Wildman–Crippen MR) is 96.1 cm³/mol. The molecule has 0 radical (unpaired) electrons. The van der Waals surface area contributed by atoms with Crippen molar-refractivity contribution in [1.29, 1.82) is 0 Å². The number of hydrogen-bond acceptors (Lipinski definition) is 5. The third-order valence-corrected chi connectivity index (χ3v) is 3.82. The van der Waals surface area contributed by atoms with Crippen molar-refractivity contribution >= 4 is 5.91 Å². The molecule has 0 bridgehead atoms. The average Bonchev–Trinajstić information content (AvgIpc) is 3.16. The molecule has 0 spiro atoms. The van der Waals surface area contributed by atoms with E-state index in [1.54, 1.807) is 19.1 Å². The molecule has 6 heteroatoms. The van der Waals surface area contributed by atoms with Crippen LogP contribution in [0.5, 0.6) is 11.5 Å². The Kier molecular flexibility index (Phi) is 5.53.